The molecule has 1 unspecified atom stereocenters. The third kappa shape index (κ3) is 2.29. The van der Waals surface area contributed by atoms with E-state index in [9.17, 15) is 9.50 Å². The summed E-state index contributed by atoms with van der Waals surface area (Å²) in [5.41, 5.74) is 1.53. The summed E-state index contributed by atoms with van der Waals surface area (Å²) in [6.45, 7) is 4.08. The largest absolute Gasteiger partial charge is 0.485 e. The Hall–Kier alpha value is -1.88. The van der Waals surface area contributed by atoms with Gasteiger partial charge < -0.3 is 9.84 Å². The fraction of sp³-hybridized carbons (Fsp3) is 0.400. The lowest BCUT2D eigenvalue weighted by molar-refractivity contribution is 0.0653. The minimum absolute atomic E-state index is 0.266. The van der Waals surface area contributed by atoms with Gasteiger partial charge in [-0.25, -0.2) is 4.39 Å². The fourth-order valence-corrected chi connectivity index (χ4v) is 2.42. The van der Waals surface area contributed by atoms with Crippen LogP contribution in [0.15, 0.2) is 30.6 Å². The number of fused-ring (bicyclic) bond motifs is 1. The van der Waals surface area contributed by atoms with Crippen LogP contribution in [0, 0.1) is 5.82 Å². The molecule has 1 aromatic carbocycles. The Morgan fingerprint density at radius 1 is 1.45 bits per heavy atom. The van der Waals surface area contributed by atoms with E-state index in [0.29, 0.717) is 17.7 Å². The average Bonchev–Trinajstić information content (AvgIpc) is 2.87. The van der Waals surface area contributed by atoms with Gasteiger partial charge in [0.25, 0.3) is 0 Å². The summed E-state index contributed by atoms with van der Waals surface area (Å²) >= 11 is 0. The monoisotopic (exact) mass is 276 g/mol. The molecular formula is C15H17FN2O2. The standard InChI is InChI=1S/C15H17FN2O2/c1-9(2)18-8-10(7-17-18)14-6-13(19)12-4-3-11(16)5-15(12)20-14/h3-5,7-9,13-14,19H,6H2,1-2H3/t13-,14?/m0/s1. The number of rotatable bonds is 2. The third-order valence-electron chi connectivity index (χ3n) is 3.56. The number of hydrogen-bond donors (Lipinski definition) is 1. The highest BCUT2D eigenvalue weighted by atomic mass is 19.1. The number of hydrogen-bond acceptors (Lipinski definition) is 3. The molecule has 2 aromatic rings. The molecule has 5 heteroatoms. The number of ether oxygens (including phenoxy) is 1. The van der Waals surface area contributed by atoms with Crippen LogP contribution < -0.4 is 4.74 Å². The van der Waals surface area contributed by atoms with Gasteiger partial charge in [-0.1, -0.05) is 0 Å². The lowest BCUT2D eigenvalue weighted by Gasteiger charge is -2.29. The van der Waals surface area contributed by atoms with Crippen LogP contribution in [0.3, 0.4) is 0 Å². The van der Waals surface area contributed by atoms with E-state index < -0.39 is 6.10 Å². The Morgan fingerprint density at radius 2 is 2.25 bits per heavy atom. The van der Waals surface area contributed by atoms with Crippen molar-refractivity contribution in [2.24, 2.45) is 0 Å². The minimum Gasteiger partial charge on any atom is -0.485 e. The van der Waals surface area contributed by atoms with E-state index in [2.05, 4.69) is 5.10 Å². The highest BCUT2D eigenvalue weighted by Crippen LogP contribution is 2.40. The van der Waals surface area contributed by atoms with Crippen LogP contribution in [-0.2, 0) is 0 Å². The molecule has 106 valence electrons. The Morgan fingerprint density at radius 3 is 2.95 bits per heavy atom. The van der Waals surface area contributed by atoms with E-state index in [0.717, 1.165) is 5.56 Å². The summed E-state index contributed by atoms with van der Waals surface area (Å²) in [6.07, 6.45) is 3.15. The van der Waals surface area contributed by atoms with Gasteiger partial charge in [-0.2, -0.15) is 5.10 Å². The van der Waals surface area contributed by atoms with Crippen LogP contribution >= 0.6 is 0 Å². The van der Waals surface area contributed by atoms with Crippen LogP contribution in [0.25, 0.3) is 0 Å². The van der Waals surface area contributed by atoms with Gasteiger partial charge in [-0.3, -0.25) is 4.68 Å². The first-order chi connectivity index (χ1) is 9.54. The highest BCUT2D eigenvalue weighted by Gasteiger charge is 2.29. The van der Waals surface area contributed by atoms with Crippen molar-refractivity contribution < 1.29 is 14.2 Å². The third-order valence-corrected chi connectivity index (χ3v) is 3.56. The molecule has 0 bridgehead atoms. The molecule has 0 spiro atoms. The van der Waals surface area contributed by atoms with Gasteiger partial charge in [0.15, 0.2) is 0 Å². The van der Waals surface area contributed by atoms with Crippen LogP contribution in [-0.4, -0.2) is 14.9 Å². The summed E-state index contributed by atoms with van der Waals surface area (Å²) in [5.74, 6) is 0.0422. The summed E-state index contributed by atoms with van der Waals surface area (Å²) in [7, 11) is 0. The van der Waals surface area contributed by atoms with Gasteiger partial charge in [0.05, 0.1) is 12.3 Å². The van der Waals surface area contributed by atoms with E-state index >= 15 is 0 Å². The molecule has 0 saturated heterocycles. The van der Waals surface area contributed by atoms with Gasteiger partial charge >= 0.3 is 0 Å². The molecule has 3 rings (SSSR count). The smallest absolute Gasteiger partial charge is 0.130 e. The predicted molar refractivity (Wildman–Crippen MR) is 72.0 cm³/mol. The maximum Gasteiger partial charge on any atom is 0.130 e. The molecule has 2 heterocycles. The number of halogens is 1. The van der Waals surface area contributed by atoms with Crippen molar-refractivity contribution >= 4 is 0 Å². The van der Waals surface area contributed by atoms with E-state index in [1.165, 1.54) is 12.1 Å². The van der Waals surface area contributed by atoms with E-state index in [1.807, 2.05) is 24.7 Å². The summed E-state index contributed by atoms with van der Waals surface area (Å²) in [5, 5.41) is 14.4. The van der Waals surface area contributed by atoms with Crippen LogP contribution in [0.5, 0.6) is 5.75 Å². The lowest BCUT2D eigenvalue weighted by Crippen LogP contribution is -2.18. The predicted octanol–water partition coefficient (Wildman–Crippen LogP) is 3.16. The Kier molecular flexibility index (Phi) is 3.22. The summed E-state index contributed by atoms with van der Waals surface area (Å²) in [4.78, 5) is 0. The zero-order valence-electron chi connectivity index (χ0n) is 11.5. The van der Waals surface area contributed by atoms with Gasteiger partial charge in [0.1, 0.15) is 17.7 Å². The van der Waals surface area contributed by atoms with Crippen molar-refractivity contribution in [2.45, 2.75) is 38.5 Å². The van der Waals surface area contributed by atoms with Crippen LogP contribution in [0.1, 0.15) is 49.6 Å². The first-order valence-electron chi connectivity index (χ1n) is 6.73. The van der Waals surface area contributed by atoms with Gasteiger partial charge in [-0.15, -0.1) is 0 Å². The second kappa shape index (κ2) is 4.90. The summed E-state index contributed by atoms with van der Waals surface area (Å²) < 4.78 is 20.9. The molecule has 2 atom stereocenters. The number of aromatic nitrogens is 2. The van der Waals surface area contributed by atoms with Crippen molar-refractivity contribution in [1.29, 1.82) is 0 Å². The molecule has 1 aliphatic heterocycles. The number of nitrogens with zero attached hydrogens (tertiary/aromatic N) is 2. The Bertz CT molecular complexity index is 624. The lowest BCUT2D eigenvalue weighted by atomic mass is 9.96. The first-order valence-corrected chi connectivity index (χ1v) is 6.73. The number of aliphatic hydroxyl groups is 1. The molecule has 4 nitrogen and oxygen atoms in total. The Labute approximate surface area is 116 Å². The second-order valence-electron chi connectivity index (χ2n) is 5.39. The van der Waals surface area contributed by atoms with Crippen LogP contribution in [0.4, 0.5) is 4.39 Å². The fourth-order valence-electron chi connectivity index (χ4n) is 2.42. The maximum atomic E-state index is 13.3. The molecule has 0 fully saturated rings. The van der Waals surface area contributed by atoms with E-state index in [-0.39, 0.29) is 18.0 Å². The molecule has 0 amide bonds. The molecule has 20 heavy (non-hydrogen) atoms. The quantitative estimate of drug-likeness (QED) is 0.916. The molecule has 0 saturated carbocycles. The van der Waals surface area contributed by atoms with Gasteiger partial charge in [0.2, 0.25) is 0 Å². The minimum atomic E-state index is -0.647. The van der Waals surface area contributed by atoms with Gasteiger partial charge in [0, 0.05) is 35.9 Å². The van der Waals surface area contributed by atoms with Crippen molar-refractivity contribution in [3.63, 3.8) is 0 Å². The van der Waals surface area contributed by atoms with Crippen LogP contribution in [0.2, 0.25) is 0 Å². The second-order valence-corrected chi connectivity index (χ2v) is 5.39. The maximum absolute atomic E-state index is 13.3. The molecule has 1 N–H and O–H groups in total. The molecule has 1 aromatic heterocycles. The molecule has 0 radical (unpaired) electrons. The normalized spacial score (nSPS) is 21.6. The zero-order chi connectivity index (χ0) is 14.3. The molecular weight excluding hydrogens is 259 g/mol. The zero-order valence-corrected chi connectivity index (χ0v) is 11.5. The number of benzene rings is 1. The van der Waals surface area contributed by atoms with E-state index in [1.54, 1.807) is 12.3 Å². The number of aliphatic hydroxyl groups excluding tert-OH is 1. The first kappa shape index (κ1) is 13.1. The Balaban J connectivity index is 1.90. The average molecular weight is 276 g/mol. The topological polar surface area (TPSA) is 47.3 Å². The van der Waals surface area contributed by atoms with E-state index in [4.69, 9.17) is 4.74 Å². The molecule has 0 aliphatic carbocycles. The van der Waals surface area contributed by atoms with Crippen molar-refractivity contribution in [3.8, 4) is 5.75 Å². The van der Waals surface area contributed by atoms with Gasteiger partial charge in [-0.05, 0) is 26.0 Å². The summed E-state index contributed by atoms with van der Waals surface area (Å²) in [6, 6.07) is 4.49. The van der Waals surface area contributed by atoms with Crippen molar-refractivity contribution in [1.82, 2.24) is 9.78 Å². The van der Waals surface area contributed by atoms with Crippen molar-refractivity contribution in [3.05, 3.63) is 47.5 Å². The highest BCUT2D eigenvalue weighted by molar-refractivity contribution is 5.38. The molecule has 1 aliphatic rings. The van der Waals surface area contributed by atoms with Crippen molar-refractivity contribution in [2.75, 3.05) is 0 Å². The SMILES string of the molecule is CC(C)n1cc(C2C[C@H](O)c3ccc(F)cc3O2)cn1.